The first kappa shape index (κ1) is 11.5. The molecule has 1 aliphatic rings. The van der Waals surface area contributed by atoms with Crippen LogP contribution in [0.25, 0.3) is 10.6 Å². The quantitative estimate of drug-likeness (QED) is 0.840. The lowest BCUT2D eigenvalue weighted by Crippen LogP contribution is -1.89. The normalized spacial score (nSPS) is 14.6. The van der Waals surface area contributed by atoms with Crippen molar-refractivity contribution in [2.75, 3.05) is 14.2 Å². The number of benzene rings is 1. The lowest BCUT2D eigenvalue weighted by Gasteiger charge is -2.06. The van der Waals surface area contributed by atoms with Crippen molar-refractivity contribution >= 4 is 11.3 Å². The Balaban J connectivity index is 1.97. The van der Waals surface area contributed by atoms with Gasteiger partial charge in [0.15, 0.2) is 0 Å². The number of thiazole rings is 1. The van der Waals surface area contributed by atoms with Gasteiger partial charge in [0.1, 0.15) is 16.5 Å². The molecule has 1 aromatic carbocycles. The molecule has 1 fully saturated rings. The predicted octanol–water partition coefficient (Wildman–Crippen LogP) is 3.70. The molecule has 0 bridgehead atoms. The van der Waals surface area contributed by atoms with Gasteiger partial charge >= 0.3 is 0 Å². The fourth-order valence-corrected chi connectivity index (χ4v) is 2.81. The number of aromatic nitrogens is 1. The standard InChI is InChI=1S/C14H15NO2S/c1-16-11-5-10(6-12(7-11)17-2)14-15-13(8-18-14)9-3-4-9/h5-9H,3-4H2,1-2H3. The van der Waals surface area contributed by atoms with E-state index in [9.17, 15) is 0 Å². The molecule has 0 atom stereocenters. The fraction of sp³-hybridized carbons (Fsp3) is 0.357. The van der Waals surface area contributed by atoms with E-state index in [0.717, 1.165) is 22.1 Å². The third-order valence-corrected chi connectivity index (χ3v) is 4.03. The highest BCUT2D eigenvalue weighted by atomic mass is 32.1. The van der Waals surface area contributed by atoms with Gasteiger partial charge < -0.3 is 9.47 Å². The van der Waals surface area contributed by atoms with E-state index in [1.54, 1.807) is 25.6 Å². The highest BCUT2D eigenvalue weighted by Crippen LogP contribution is 2.42. The molecule has 2 aromatic rings. The fourth-order valence-electron chi connectivity index (χ4n) is 1.92. The van der Waals surface area contributed by atoms with Crippen molar-refractivity contribution < 1.29 is 9.47 Å². The van der Waals surface area contributed by atoms with Crippen LogP contribution in [0.15, 0.2) is 23.6 Å². The van der Waals surface area contributed by atoms with Crippen LogP contribution in [-0.4, -0.2) is 19.2 Å². The Labute approximate surface area is 110 Å². The minimum atomic E-state index is 0.697. The van der Waals surface area contributed by atoms with Crippen molar-refractivity contribution in [1.82, 2.24) is 4.98 Å². The zero-order valence-corrected chi connectivity index (χ0v) is 11.3. The van der Waals surface area contributed by atoms with Gasteiger partial charge in [0.05, 0.1) is 19.9 Å². The Bertz CT molecular complexity index is 538. The number of ether oxygens (including phenoxy) is 2. The van der Waals surface area contributed by atoms with Gasteiger partial charge in [-0.2, -0.15) is 0 Å². The van der Waals surface area contributed by atoms with Gasteiger partial charge in [-0.05, 0) is 25.0 Å². The summed E-state index contributed by atoms with van der Waals surface area (Å²) in [5.41, 5.74) is 2.29. The summed E-state index contributed by atoms with van der Waals surface area (Å²) >= 11 is 1.69. The lowest BCUT2D eigenvalue weighted by molar-refractivity contribution is 0.394. The molecule has 4 heteroatoms. The van der Waals surface area contributed by atoms with E-state index in [2.05, 4.69) is 5.38 Å². The van der Waals surface area contributed by atoms with Gasteiger partial charge in [-0.3, -0.25) is 0 Å². The summed E-state index contributed by atoms with van der Waals surface area (Å²) in [5.74, 6) is 2.29. The third kappa shape index (κ3) is 2.20. The van der Waals surface area contributed by atoms with E-state index in [0.29, 0.717) is 5.92 Å². The summed E-state index contributed by atoms with van der Waals surface area (Å²) in [6.45, 7) is 0. The molecule has 94 valence electrons. The first-order valence-corrected chi connectivity index (χ1v) is 6.87. The smallest absolute Gasteiger partial charge is 0.123 e. The number of hydrogen-bond donors (Lipinski definition) is 0. The number of nitrogens with zero attached hydrogens (tertiary/aromatic N) is 1. The molecule has 3 nitrogen and oxygen atoms in total. The van der Waals surface area contributed by atoms with E-state index in [-0.39, 0.29) is 0 Å². The summed E-state index contributed by atoms with van der Waals surface area (Å²) in [4.78, 5) is 4.70. The largest absolute Gasteiger partial charge is 0.497 e. The number of methoxy groups -OCH3 is 2. The van der Waals surface area contributed by atoms with E-state index >= 15 is 0 Å². The maximum atomic E-state index is 5.28. The second-order valence-corrected chi connectivity index (χ2v) is 5.31. The van der Waals surface area contributed by atoms with Crippen LogP contribution in [0.5, 0.6) is 11.5 Å². The van der Waals surface area contributed by atoms with Gasteiger partial charge in [0, 0.05) is 22.9 Å². The molecular formula is C14H15NO2S. The molecule has 18 heavy (non-hydrogen) atoms. The molecule has 3 rings (SSSR count). The van der Waals surface area contributed by atoms with Gasteiger partial charge in [-0.15, -0.1) is 11.3 Å². The highest BCUT2D eigenvalue weighted by molar-refractivity contribution is 7.13. The molecule has 0 aliphatic heterocycles. The van der Waals surface area contributed by atoms with Gasteiger partial charge in [0.25, 0.3) is 0 Å². The van der Waals surface area contributed by atoms with Crippen molar-refractivity contribution in [3.63, 3.8) is 0 Å². The Hall–Kier alpha value is -1.55. The third-order valence-electron chi connectivity index (χ3n) is 3.12. The van der Waals surface area contributed by atoms with Crippen LogP contribution < -0.4 is 9.47 Å². The van der Waals surface area contributed by atoms with E-state index in [4.69, 9.17) is 14.5 Å². The summed E-state index contributed by atoms with van der Waals surface area (Å²) in [6.07, 6.45) is 2.56. The van der Waals surface area contributed by atoms with E-state index in [1.165, 1.54) is 18.5 Å². The van der Waals surface area contributed by atoms with Crippen molar-refractivity contribution in [2.45, 2.75) is 18.8 Å². The average molecular weight is 261 g/mol. The Kier molecular flexibility index (Phi) is 2.96. The number of hydrogen-bond acceptors (Lipinski definition) is 4. The molecule has 0 amide bonds. The van der Waals surface area contributed by atoms with Crippen molar-refractivity contribution in [2.24, 2.45) is 0 Å². The molecule has 0 saturated heterocycles. The van der Waals surface area contributed by atoms with Gasteiger partial charge in [-0.1, -0.05) is 0 Å². The second-order valence-electron chi connectivity index (χ2n) is 4.45. The zero-order valence-electron chi connectivity index (χ0n) is 10.5. The molecule has 0 N–H and O–H groups in total. The summed E-state index contributed by atoms with van der Waals surface area (Å²) in [6, 6.07) is 5.87. The lowest BCUT2D eigenvalue weighted by atomic mass is 10.2. The van der Waals surface area contributed by atoms with E-state index in [1.807, 2.05) is 18.2 Å². The summed E-state index contributed by atoms with van der Waals surface area (Å²) in [7, 11) is 3.33. The van der Waals surface area contributed by atoms with E-state index < -0.39 is 0 Å². The SMILES string of the molecule is COc1cc(OC)cc(-c2nc(C3CC3)cs2)c1. The molecule has 1 saturated carbocycles. The maximum absolute atomic E-state index is 5.28. The molecule has 0 spiro atoms. The van der Waals surface area contributed by atoms with Crippen LogP contribution in [0.4, 0.5) is 0 Å². The van der Waals surface area contributed by atoms with Crippen LogP contribution in [0, 0.1) is 0 Å². The topological polar surface area (TPSA) is 31.4 Å². The van der Waals surface area contributed by atoms with Gasteiger partial charge in [0.2, 0.25) is 0 Å². The molecular weight excluding hydrogens is 246 g/mol. The maximum Gasteiger partial charge on any atom is 0.123 e. The molecule has 0 radical (unpaired) electrons. The Morgan fingerprint density at radius 2 is 1.78 bits per heavy atom. The first-order valence-electron chi connectivity index (χ1n) is 5.99. The predicted molar refractivity (Wildman–Crippen MR) is 72.6 cm³/mol. The van der Waals surface area contributed by atoms with Crippen molar-refractivity contribution in [3.05, 3.63) is 29.3 Å². The van der Waals surface area contributed by atoms with Crippen molar-refractivity contribution in [3.8, 4) is 22.1 Å². The van der Waals surface area contributed by atoms with Crippen molar-refractivity contribution in [1.29, 1.82) is 0 Å². The monoisotopic (exact) mass is 261 g/mol. The van der Waals surface area contributed by atoms with Crippen LogP contribution in [0.1, 0.15) is 24.5 Å². The number of rotatable bonds is 4. The summed E-state index contributed by atoms with van der Waals surface area (Å²) in [5, 5.41) is 3.20. The molecule has 1 aromatic heterocycles. The highest BCUT2D eigenvalue weighted by Gasteiger charge is 2.26. The Morgan fingerprint density at radius 3 is 2.33 bits per heavy atom. The molecule has 1 aliphatic carbocycles. The zero-order chi connectivity index (χ0) is 12.5. The van der Waals surface area contributed by atoms with Gasteiger partial charge in [-0.25, -0.2) is 4.98 Å². The second kappa shape index (κ2) is 4.61. The van der Waals surface area contributed by atoms with Crippen LogP contribution in [0.3, 0.4) is 0 Å². The molecule has 1 heterocycles. The first-order chi connectivity index (χ1) is 8.80. The minimum Gasteiger partial charge on any atom is -0.497 e. The summed E-state index contributed by atoms with van der Waals surface area (Å²) < 4.78 is 10.6. The Morgan fingerprint density at radius 1 is 1.11 bits per heavy atom. The average Bonchev–Trinajstić information content (AvgIpc) is 3.15. The molecule has 0 unspecified atom stereocenters. The minimum absolute atomic E-state index is 0.697. The van der Waals surface area contributed by atoms with Crippen LogP contribution >= 0.6 is 11.3 Å². The van der Waals surface area contributed by atoms with Crippen LogP contribution in [0.2, 0.25) is 0 Å². The van der Waals surface area contributed by atoms with Crippen LogP contribution in [-0.2, 0) is 0 Å².